The molecule has 3 N–H and O–H groups in total. The van der Waals surface area contributed by atoms with Crippen molar-refractivity contribution >= 4 is 40.0 Å². The number of nitrogens with zero attached hydrogens (tertiary/aromatic N) is 1. The molecule has 4 rings (SSSR count). The average molecular weight is 448 g/mol. The van der Waals surface area contributed by atoms with Crippen molar-refractivity contribution in [2.24, 2.45) is 5.73 Å². The second-order valence-corrected chi connectivity index (χ2v) is 8.65. The summed E-state index contributed by atoms with van der Waals surface area (Å²) in [5.41, 5.74) is 8.25. The highest BCUT2D eigenvalue weighted by Crippen LogP contribution is 2.39. The number of nitrogens with one attached hydrogen (secondary N) is 1. The number of benzene rings is 2. The van der Waals surface area contributed by atoms with Crippen LogP contribution in [0.2, 0.25) is 0 Å². The van der Waals surface area contributed by atoms with Gasteiger partial charge in [0.05, 0.1) is 16.7 Å². The van der Waals surface area contributed by atoms with E-state index in [0.717, 1.165) is 15.3 Å². The number of hydrogen-bond donors (Lipinski definition) is 2. The van der Waals surface area contributed by atoms with E-state index < -0.39 is 5.91 Å². The van der Waals surface area contributed by atoms with Crippen LogP contribution in [0.25, 0.3) is 11.1 Å². The van der Waals surface area contributed by atoms with Crippen LogP contribution in [0.15, 0.2) is 54.6 Å². The lowest BCUT2D eigenvalue weighted by Gasteiger charge is -2.13. The van der Waals surface area contributed by atoms with E-state index in [1.54, 1.807) is 24.3 Å². The van der Waals surface area contributed by atoms with E-state index in [0.29, 0.717) is 28.1 Å². The first kappa shape index (κ1) is 21.5. The molecule has 0 bridgehead atoms. The van der Waals surface area contributed by atoms with Crippen LogP contribution >= 0.6 is 11.3 Å². The molecule has 32 heavy (non-hydrogen) atoms. The molecule has 0 spiro atoms. The topological polar surface area (TPSA) is 110 Å². The minimum Gasteiger partial charge on any atom is -0.365 e. The van der Waals surface area contributed by atoms with Gasteiger partial charge in [-0.15, -0.1) is 11.3 Å². The van der Waals surface area contributed by atoms with Gasteiger partial charge < -0.3 is 11.1 Å². The summed E-state index contributed by atoms with van der Waals surface area (Å²) in [7, 11) is 0. The van der Waals surface area contributed by atoms with Crippen molar-refractivity contribution in [1.29, 1.82) is 0 Å². The number of carbonyl (C=O) groups excluding carboxylic acids is 4. The highest BCUT2D eigenvalue weighted by Gasteiger charge is 2.34. The number of imide groups is 1. The third-order valence-electron chi connectivity index (χ3n) is 5.31. The van der Waals surface area contributed by atoms with Gasteiger partial charge in [0, 0.05) is 23.4 Å². The van der Waals surface area contributed by atoms with Crippen LogP contribution < -0.4 is 11.1 Å². The van der Waals surface area contributed by atoms with Crippen LogP contribution in [0, 0.1) is 6.92 Å². The number of thiophene rings is 1. The molecule has 2 heterocycles. The Hall–Kier alpha value is -3.78. The zero-order valence-electron chi connectivity index (χ0n) is 17.4. The van der Waals surface area contributed by atoms with Gasteiger partial charge in [-0.2, -0.15) is 0 Å². The molecule has 0 aliphatic carbocycles. The standard InChI is InChI=1S/C24H21N3O4S/c1-14-19(15-8-3-2-4-9-15)20(21(25)29)22(32-14)26-18(28)12-7-13-27-23(30)16-10-5-6-11-17(16)24(27)31/h2-6,8-11H,7,12-13H2,1H3,(H2,25,29)(H,26,28). The smallest absolute Gasteiger partial charge is 0.261 e. The Labute approximate surface area is 188 Å². The second-order valence-electron chi connectivity index (χ2n) is 7.43. The van der Waals surface area contributed by atoms with Crippen LogP contribution in [0.5, 0.6) is 0 Å². The van der Waals surface area contributed by atoms with Crippen LogP contribution in [0.1, 0.15) is 48.8 Å². The van der Waals surface area contributed by atoms with Gasteiger partial charge in [0.1, 0.15) is 5.00 Å². The van der Waals surface area contributed by atoms with Crippen molar-refractivity contribution in [1.82, 2.24) is 4.90 Å². The van der Waals surface area contributed by atoms with Crippen LogP contribution in [0.3, 0.4) is 0 Å². The molecule has 0 saturated carbocycles. The molecule has 0 fully saturated rings. The van der Waals surface area contributed by atoms with Crippen molar-refractivity contribution in [2.75, 3.05) is 11.9 Å². The fraction of sp³-hybridized carbons (Fsp3) is 0.167. The molecule has 0 saturated heterocycles. The van der Waals surface area contributed by atoms with Gasteiger partial charge in [-0.05, 0) is 31.0 Å². The van der Waals surface area contributed by atoms with Crippen molar-refractivity contribution in [3.8, 4) is 11.1 Å². The molecule has 0 atom stereocenters. The van der Waals surface area contributed by atoms with Crippen LogP contribution in [-0.2, 0) is 4.79 Å². The highest BCUT2D eigenvalue weighted by atomic mass is 32.1. The van der Waals surface area contributed by atoms with E-state index in [2.05, 4.69) is 5.32 Å². The Morgan fingerprint density at radius 2 is 1.56 bits per heavy atom. The maximum Gasteiger partial charge on any atom is 0.261 e. The number of anilines is 1. The number of primary amides is 1. The largest absolute Gasteiger partial charge is 0.365 e. The number of fused-ring (bicyclic) bond motifs is 1. The lowest BCUT2D eigenvalue weighted by atomic mass is 10.0. The van der Waals surface area contributed by atoms with Gasteiger partial charge in [-0.3, -0.25) is 24.1 Å². The fourth-order valence-electron chi connectivity index (χ4n) is 3.85. The predicted octanol–water partition coefficient (Wildman–Crippen LogP) is 3.84. The summed E-state index contributed by atoms with van der Waals surface area (Å²) in [4.78, 5) is 51.6. The third-order valence-corrected chi connectivity index (χ3v) is 6.33. The van der Waals surface area contributed by atoms with E-state index in [9.17, 15) is 19.2 Å². The SMILES string of the molecule is Cc1sc(NC(=O)CCCN2C(=O)c3ccccc3C2=O)c(C(N)=O)c1-c1ccccc1. The molecule has 7 nitrogen and oxygen atoms in total. The monoisotopic (exact) mass is 447 g/mol. The Bertz CT molecular complexity index is 1200. The van der Waals surface area contributed by atoms with Gasteiger partial charge in [0.2, 0.25) is 5.91 Å². The van der Waals surface area contributed by atoms with E-state index in [4.69, 9.17) is 5.73 Å². The summed E-state index contributed by atoms with van der Waals surface area (Å²) in [6.45, 7) is 2.01. The van der Waals surface area contributed by atoms with Crippen molar-refractivity contribution in [2.45, 2.75) is 19.8 Å². The molecule has 1 aliphatic rings. The van der Waals surface area contributed by atoms with E-state index >= 15 is 0 Å². The number of aryl methyl sites for hydroxylation is 1. The minimum absolute atomic E-state index is 0.0865. The van der Waals surface area contributed by atoms with Crippen molar-refractivity contribution in [3.05, 3.63) is 76.2 Å². The van der Waals surface area contributed by atoms with Gasteiger partial charge in [-0.25, -0.2) is 0 Å². The van der Waals surface area contributed by atoms with E-state index in [1.165, 1.54) is 11.3 Å². The normalized spacial score (nSPS) is 12.7. The molecular weight excluding hydrogens is 426 g/mol. The Morgan fingerprint density at radius 1 is 0.969 bits per heavy atom. The molecule has 0 radical (unpaired) electrons. The number of rotatable bonds is 7. The Morgan fingerprint density at radius 3 is 2.16 bits per heavy atom. The van der Waals surface area contributed by atoms with Crippen molar-refractivity contribution < 1.29 is 19.2 Å². The molecule has 162 valence electrons. The second kappa shape index (κ2) is 8.76. The first-order valence-corrected chi connectivity index (χ1v) is 10.9. The summed E-state index contributed by atoms with van der Waals surface area (Å²) in [5.74, 6) is -1.62. The molecule has 0 unspecified atom stereocenters. The maximum absolute atomic E-state index is 12.6. The molecule has 3 aromatic rings. The zero-order chi connectivity index (χ0) is 22.8. The number of amides is 4. The first-order chi connectivity index (χ1) is 15.4. The lowest BCUT2D eigenvalue weighted by molar-refractivity contribution is -0.116. The fourth-order valence-corrected chi connectivity index (χ4v) is 4.95. The van der Waals surface area contributed by atoms with Gasteiger partial charge in [-0.1, -0.05) is 42.5 Å². The number of hydrogen-bond acceptors (Lipinski definition) is 5. The number of carbonyl (C=O) groups is 4. The first-order valence-electron chi connectivity index (χ1n) is 10.1. The van der Waals surface area contributed by atoms with Crippen LogP contribution in [-0.4, -0.2) is 35.1 Å². The van der Waals surface area contributed by atoms with Gasteiger partial charge in [0.25, 0.3) is 17.7 Å². The molecular formula is C24H21N3O4S. The van der Waals surface area contributed by atoms with Gasteiger partial charge in [0.15, 0.2) is 0 Å². The van der Waals surface area contributed by atoms with Crippen molar-refractivity contribution in [3.63, 3.8) is 0 Å². The Balaban J connectivity index is 1.43. The Kier molecular flexibility index (Phi) is 5.87. The van der Waals surface area contributed by atoms with Gasteiger partial charge >= 0.3 is 0 Å². The molecule has 4 amide bonds. The molecule has 2 aromatic carbocycles. The summed E-state index contributed by atoms with van der Waals surface area (Å²) in [6, 6.07) is 16.1. The quantitative estimate of drug-likeness (QED) is 0.536. The lowest BCUT2D eigenvalue weighted by Crippen LogP contribution is -2.31. The van der Waals surface area contributed by atoms with Crippen LogP contribution in [0.4, 0.5) is 5.00 Å². The summed E-state index contributed by atoms with van der Waals surface area (Å²) in [5, 5.41) is 3.18. The number of nitrogens with two attached hydrogens (primary N) is 1. The van der Waals surface area contributed by atoms with E-state index in [-0.39, 0.29) is 36.3 Å². The summed E-state index contributed by atoms with van der Waals surface area (Å²) in [6.07, 6.45) is 0.391. The highest BCUT2D eigenvalue weighted by molar-refractivity contribution is 7.17. The summed E-state index contributed by atoms with van der Waals surface area (Å²) >= 11 is 1.29. The summed E-state index contributed by atoms with van der Waals surface area (Å²) < 4.78 is 0. The van der Waals surface area contributed by atoms with E-state index in [1.807, 2.05) is 37.3 Å². The molecule has 1 aromatic heterocycles. The molecule has 8 heteroatoms. The minimum atomic E-state index is -0.616. The predicted molar refractivity (Wildman–Crippen MR) is 123 cm³/mol. The average Bonchev–Trinajstić information content (AvgIpc) is 3.23. The molecule has 1 aliphatic heterocycles. The zero-order valence-corrected chi connectivity index (χ0v) is 18.2. The third kappa shape index (κ3) is 3.92. The maximum atomic E-state index is 12.6.